The molecule has 2 nitrogen and oxygen atoms in total. The van der Waals surface area contributed by atoms with Crippen LogP contribution >= 0.6 is 15.9 Å². The van der Waals surface area contributed by atoms with Gasteiger partial charge in [0.15, 0.2) is 0 Å². The molecule has 1 N–H and O–H groups in total. The minimum atomic E-state index is -0.538. The molecule has 0 saturated heterocycles. The SMILES string of the molecule is C[C@H](O)c1cccc(OCc2cccc(F)c2Br)c1. The van der Waals surface area contributed by atoms with Crippen LogP contribution in [-0.2, 0) is 6.61 Å². The Bertz CT molecular complexity index is 570. The molecular formula is C15H14BrFO2. The van der Waals surface area contributed by atoms with Gasteiger partial charge in [-0.3, -0.25) is 0 Å². The first kappa shape index (κ1) is 14.0. The van der Waals surface area contributed by atoms with Gasteiger partial charge in [-0.1, -0.05) is 24.3 Å². The number of ether oxygens (including phenoxy) is 1. The van der Waals surface area contributed by atoms with Gasteiger partial charge in [0.2, 0.25) is 0 Å². The lowest BCUT2D eigenvalue weighted by Crippen LogP contribution is -1.99. The van der Waals surface area contributed by atoms with E-state index in [9.17, 15) is 9.50 Å². The Hall–Kier alpha value is -1.39. The van der Waals surface area contributed by atoms with Crippen LogP contribution in [0.4, 0.5) is 4.39 Å². The highest BCUT2D eigenvalue weighted by atomic mass is 79.9. The van der Waals surface area contributed by atoms with Crippen molar-refractivity contribution >= 4 is 15.9 Å². The molecule has 2 rings (SSSR count). The van der Waals surface area contributed by atoms with Gasteiger partial charge in [0.1, 0.15) is 18.2 Å². The molecule has 0 radical (unpaired) electrons. The van der Waals surface area contributed by atoms with Crippen LogP contribution in [0.25, 0.3) is 0 Å². The summed E-state index contributed by atoms with van der Waals surface area (Å²) in [5.74, 6) is 0.341. The van der Waals surface area contributed by atoms with Gasteiger partial charge in [-0.2, -0.15) is 0 Å². The zero-order valence-electron chi connectivity index (χ0n) is 10.4. The summed E-state index contributed by atoms with van der Waals surface area (Å²) >= 11 is 3.20. The molecule has 19 heavy (non-hydrogen) atoms. The van der Waals surface area contributed by atoms with Crippen molar-refractivity contribution in [3.63, 3.8) is 0 Å². The molecule has 0 aliphatic heterocycles. The molecule has 2 aromatic rings. The maximum atomic E-state index is 13.3. The third-order valence-corrected chi connectivity index (χ3v) is 3.65. The molecule has 0 aliphatic rings. The minimum absolute atomic E-state index is 0.265. The monoisotopic (exact) mass is 324 g/mol. The van der Waals surface area contributed by atoms with Crippen molar-refractivity contribution in [2.75, 3.05) is 0 Å². The van der Waals surface area contributed by atoms with E-state index in [0.717, 1.165) is 11.1 Å². The fraction of sp³-hybridized carbons (Fsp3) is 0.200. The number of halogens is 2. The van der Waals surface area contributed by atoms with Crippen molar-refractivity contribution in [2.24, 2.45) is 0 Å². The van der Waals surface area contributed by atoms with Gasteiger partial charge in [0, 0.05) is 5.56 Å². The van der Waals surface area contributed by atoms with E-state index >= 15 is 0 Å². The second-order valence-corrected chi connectivity index (χ2v) is 5.04. The average molecular weight is 325 g/mol. The lowest BCUT2D eigenvalue weighted by molar-refractivity contribution is 0.198. The minimum Gasteiger partial charge on any atom is -0.489 e. The van der Waals surface area contributed by atoms with Gasteiger partial charge < -0.3 is 9.84 Å². The third-order valence-electron chi connectivity index (χ3n) is 2.77. The fourth-order valence-electron chi connectivity index (χ4n) is 1.69. The quantitative estimate of drug-likeness (QED) is 0.912. The van der Waals surface area contributed by atoms with E-state index in [-0.39, 0.29) is 12.4 Å². The van der Waals surface area contributed by atoms with Gasteiger partial charge in [0.25, 0.3) is 0 Å². The standard InChI is InChI=1S/C15H14BrFO2/c1-10(18)11-4-2-6-13(8-11)19-9-12-5-3-7-14(17)15(12)16/h2-8,10,18H,9H2,1H3/t10-/m0/s1. The second kappa shape index (κ2) is 6.17. The number of hydrogen-bond donors (Lipinski definition) is 1. The van der Waals surface area contributed by atoms with Crippen LogP contribution in [0, 0.1) is 5.82 Å². The summed E-state index contributed by atoms with van der Waals surface area (Å²) in [6.07, 6.45) is -0.538. The highest BCUT2D eigenvalue weighted by molar-refractivity contribution is 9.10. The summed E-state index contributed by atoms with van der Waals surface area (Å²) in [6, 6.07) is 12.1. The molecule has 0 heterocycles. The second-order valence-electron chi connectivity index (χ2n) is 4.25. The smallest absolute Gasteiger partial charge is 0.137 e. The van der Waals surface area contributed by atoms with Crippen molar-refractivity contribution in [3.05, 3.63) is 63.9 Å². The highest BCUT2D eigenvalue weighted by Gasteiger charge is 2.07. The molecule has 0 aliphatic carbocycles. The van der Waals surface area contributed by atoms with Crippen molar-refractivity contribution in [1.82, 2.24) is 0 Å². The number of aliphatic hydroxyl groups is 1. The predicted octanol–water partition coefficient (Wildman–Crippen LogP) is 4.22. The largest absolute Gasteiger partial charge is 0.489 e. The van der Waals surface area contributed by atoms with Crippen LogP contribution in [-0.4, -0.2) is 5.11 Å². The highest BCUT2D eigenvalue weighted by Crippen LogP contribution is 2.23. The summed E-state index contributed by atoms with van der Waals surface area (Å²) in [5, 5.41) is 9.50. The number of hydrogen-bond acceptors (Lipinski definition) is 2. The molecule has 100 valence electrons. The van der Waals surface area contributed by atoms with Crippen LogP contribution in [0.15, 0.2) is 46.9 Å². The maximum absolute atomic E-state index is 13.3. The molecule has 0 spiro atoms. The van der Waals surface area contributed by atoms with E-state index in [1.165, 1.54) is 6.07 Å². The van der Waals surface area contributed by atoms with E-state index in [0.29, 0.717) is 10.2 Å². The summed E-state index contributed by atoms with van der Waals surface area (Å²) < 4.78 is 19.4. The van der Waals surface area contributed by atoms with Crippen LogP contribution in [0.3, 0.4) is 0 Å². The van der Waals surface area contributed by atoms with Crippen molar-refractivity contribution in [3.8, 4) is 5.75 Å². The first-order valence-electron chi connectivity index (χ1n) is 5.91. The zero-order valence-corrected chi connectivity index (χ0v) is 12.0. The van der Waals surface area contributed by atoms with E-state index in [4.69, 9.17) is 4.74 Å². The van der Waals surface area contributed by atoms with Crippen molar-refractivity contribution in [1.29, 1.82) is 0 Å². The third kappa shape index (κ3) is 3.55. The van der Waals surface area contributed by atoms with E-state index in [1.807, 2.05) is 12.1 Å². The molecule has 0 unspecified atom stereocenters. The average Bonchev–Trinajstić information content (AvgIpc) is 2.41. The van der Waals surface area contributed by atoms with Crippen molar-refractivity contribution < 1.29 is 14.2 Å². The van der Waals surface area contributed by atoms with Crippen LogP contribution in [0.1, 0.15) is 24.2 Å². The molecule has 2 aromatic carbocycles. The van der Waals surface area contributed by atoms with Gasteiger partial charge in [0.05, 0.1) is 10.6 Å². The molecular weight excluding hydrogens is 311 g/mol. The zero-order chi connectivity index (χ0) is 13.8. The van der Waals surface area contributed by atoms with E-state index in [2.05, 4.69) is 15.9 Å². The van der Waals surface area contributed by atoms with Gasteiger partial charge in [-0.15, -0.1) is 0 Å². The van der Waals surface area contributed by atoms with Crippen LogP contribution in [0.5, 0.6) is 5.75 Å². The normalized spacial score (nSPS) is 12.2. The van der Waals surface area contributed by atoms with E-state index < -0.39 is 6.10 Å². The van der Waals surface area contributed by atoms with Gasteiger partial charge in [-0.05, 0) is 46.6 Å². The topological polar surface area (TPSA) is 29.5 Å². The molecule has 4 heteroatoms. The van der Waals surface area contributed by atoms with Crippen LogP contribution in [0.2, 0.25) is 0 Å². The molecule has 0 saturated carbocycles. The maximum Gasteiger partial charge on any atom is 0.137 e. The van der Waals surface area contributed by atoms with Gasteiger partial charge in [-0.25, -0.2) is 4.39 Å². The summed E-state index contributed by atoms with van der Waals surface area (Å²) in [7, 11) is 0. The molecule has 0 aromatic heterocycles. The molecule has 0 fully saturated rings. The first-order valence-corrected chi connectivity index (χ1v) is 6.71. The fourth-order valence-corrected chi connectivity index (χ4v) is 2.06. The number of aliphatic hydroxyl groups excluding tert-OH is 1. The summed E-state index contributed by atoms with van der Waals surface area (Å²) in [4.78, 5) is 0. The summed E-state index contributed by atoms with van der Waals surface area (Å²) in [6.45, 7) is 1.96. The Balaban J connectivity index is 2.10. The molecule has 1 atom stereocenters. The predicted molar refractivity (Wildman–Crippen MR) is 75.5 cm³/mol. The Morgan fingerprint density at radius 3 is 2.74 bits per heavy atom. The lowest BCUT2D eigenvalue weighted by atomic mass is 10.1. The Labute approximate surface area is 120 Å². The lowest BCUT2D eigenvalue weighted by Gasteiger charge is -2.10. The first-order chi connectivity index (χ1) is 9.08. The van der Waals surface area contributed by atoms with E-state index in [1.54, 1.807) is 31.2 Å². The Morgan fingerprint density at radius 1 is 1.26 bits per heavy atom. The summed E-state index contributed by atoms with van der Waals surface area (Å²) in [5.41, 5.74) is 1.53. The number of rotatable bonds is 4. The number of benzene rings is 2. The Morgan fingerprint density at radius 2 is 2.00 bits per heavy atom. The van der Waals surface area contributed by atoms with Crippen LogP contribution < -0.4 is 4.74 Å². The molecule has 0 amide bonds. The van der Waals surface area contributed by atoms with Crippen molar-refractivity contribution in [2.45, 2.75) is 19.6 Å². The Kier molecular flexibility index (Phi) is 4.56. The molecule has 0 bridgehead atoms. The van der Waals surface area contributed by atoms with Gasteiger partial charge >= 0.3 is 0 Å².